The molecule has 0 aromatic rings. The van der Waals surface area contributed by atoms with Crippen LogP contribution in [0, 0.1) is 17.8 Å². The molecule has 3 N–H and O–H groups in total. The van der Waals surface area contributed by atoms with Crippen LogP contribution in [0.5, 0.6) is 0 Å². The van der Waals surface area contributed by atoms with Crippen LogP contribution in [0.4, 0.5) is 0 Å². The highest BCUT2D eigenvalue weighted by Gasteiger charge is 2.30. The summed E-state index contributed by atoms with van der Waals surface area (Å²) in [5, 5.41) is 10.6. The molecule has 2 unspecified atom stereocenters. The van der Waals surface area contributed by atoms with E-state index in [4.69, 9.17) is 37.0 Å². The highest BCUT2D eigenvalue weighted by molar-refractivity contribution is 7.47. The summed E-state index contributed by atoms with van der Waals surface area (Å²) in [6.45, 7) is 11.9. The molecular formula is C78H152O17P2. The number of esters is 4. The van der Waals surface area contributed by atoms with Crippen LogP contribution in [-0.4, -0.2) is 96.7 Å². The highest BCUT2D eigenvalue weighted by Crippen LogP contribution is 2.45. The van der Waals surface area contributed by atoms with Gasteiger partial charge in [0.15, 0.2) is 12.2 Å². The van der Waals surface area contributed by atoms with E-state index in [0.717, 1.165) is 108 Å². The molecule has 0 radical (unpaired) electrons. The SMILES string of the molecule is CCCCCCCCCCCC(=O)OC[C@H](COP(=O)(O)OC[C@H](O)COP(=O)(O)OC[C@@H](COC(=O)CCCCCCCCCCCCCCCCC(C)C)OC(=O)CCCCCCCCCCCCCCCCCCC(C)C)OC(=O)CCCCCCCCCCCC(C)C. The van der Waals surface area contributed by atoms with Gasteiger partial charge in [-0.05, 0) is 43.4 Å². The molecule has 19 heteroatoms. The molecule has 5 atom stereocenters. The topological polar surface area (TPSA) is 237 Å². The van der Waals surface area contributed by atoms with E-state index in [9.17, 15) is 43.2 Å². The van der Waals surface area contributed by atoms with Crippen LogP contribution in [0.25, 0.3) is 0 Å². The van der Waals surface area contributed by atoms with Gasteiger partial charge in [0.1, 0.15) is 19.3 Å². The molecule has 0 fully saturated rings. The molecule has 0 spiro atoms. The van der Waals surface area contributed by atoms with Gasteiger partial charge < -0.3 is 33.8 Å². The zero-order chi connectivity index (χ0) is 71.6. The maximum atomic E-state index is 13.1. The zero-order valence-corrected chi connectivity index (χ0v) is 65.3. The maximum Gasteiger partial charge on any atom is 0.472 e. The molecular weight excluding hydrogens is 1270 g/mol. The molecule has 97 heavy (non-hydrogen) atoms. The van der Waals surface area contributed by atoms with Gasteiger partial charge in [-0.1, -0.05) is 350 Å². The van der Waals surface area contributed by atoms with Crippen molar-refractivity contribution in [2.75, 3.05) is 39.6 Å². The van der Waals surface area contributed by atoms with Crippen molar-refractivity contribution >= 4 is 39.5 Å². The van der Waals surface area contributed by atoms with Crippen molar-refractivity contribution < 1.29 is 80.2 Å². The lowest BCUT2D eigenvalue weighted by molar-refractivity contribution is -0.161. The van der Waals surface area contributed by atoms with Gasteiger partial charge in [-0.25, -0.2) is 9.13 Å². The Morgan fingerprint density at radius 3 is 0.701 bits per heavy atom. The van der Waals surface area contributed by atoms with E-state index in [0.29, 0.717) is 25.7 Å². The maximum absolute atomic E-state index is 13.1. The fraction of sp³-hybridized carbons (Fsp3) is 0.949. The van der Waals surface area contributed by atoms with E-state index in [2.05, 4.69) is 48.5 Å². The Morgan fingerprint density at radius 1 is 0.278 bits per heavy atom. The molecule has 0 saturated carbocycles. The Morgan fingerprint density at radius 2 is 0.474 bits per heavy atom. The predicted molar refractivity (Wildman–Crippen MR) is 395 cm³/mol. The number of hydrogen-bond donors (Lipinski definition) is 3. The van der Waals surface area contributed by atoms with Crippen molar-refractivity contribution in [3.8, 4) is 0 Å². The van der Waals surface area contributed by atoms with Crippen LogP contribution in [0.1, 0.15) is 402 Å². The van der Waals surface area contributed by atoms with E-state index in [1.165, 1.54) is 212 Å². The minimum absolute atomic E-state index is 0.105. The molecule has 0 amide bonds. The Kier molecular flexibility index (Phi) is 67.1. The lowest BCUT2D eigenvalue weighted by Crippen LogP contribution is -2.30. The van der Waals surface area contributed by atoms with Crippen LogP contribution in [0.15, 0.2) is 0 Å². The molecule has 0 rings (SSSR count). The number of aliphatic hydroxyl groups excluding tert-OH is 1. The first-order valence-corrected chi connectivity index (χ1v) is 43.3. The van der Waals surface area contributed by atoms with Crippen molar-refractivity contribution in [3.05, 3.63) is 0 Å². The average molecular weight is 1420 g/mol. The fourth-order valence-corrected chi connectivity index (χ4v) is 13.5. The van der Waals surface area contributed by atoms with Gasteiger partial charge in [-0.3, -0.25) is 37.3 Å². The van der Waals surface area contributed by atoms with Crippen molar-refractivity contribution in [1.29, 1.82) is 0 Å². The average Bonchev–Trinajstić information content (AvgIpc) is 1.13. The first-order valence-electron chi connectivity index (χ1n) is 40.3. The normalized spacial score (nSPS) is 14.0. The molecule has 0 aliphatic rings. The number of carbonyl (C=O) groups is 4. The van der Waals surface area contributed by atoms with Crippen molar-refractivity contribution in [3.63, 3.8) is 0 Å². The molecule has 576 valence electrons. The lowest BCUT2D eigenvalue weighted by atomic mass is 10.0. The van der Waals surface area contributed by atoms with Crippen LogP contribution in [0.3, 0.4) is 0 Å². The number of aliphatic hydroxyl groups is 1. The summed E-state index contributed by atoms with van der Waals surface area (Å²) in [5.41, 5.74) is 0. The van der Waals surface area contributed by atoms with E-state index in [1.54, 1.807) is 0 Å². The third-order valence-electron chi connectivity index (χ3n) is 18.1. The Hall–Kier alpha value is -1.94. The minimum atomic E-state index is -4.96. The number of ether oxygens (including phenoxy) is 4. The lowest BCUT2D eigenvalue weighted by Gasteiger charge is -2.21. The molecule has 0 aromatic carbocycles. The third kappa shape index (κ3) is 72.2. The molecule has 0 aliphatic heterocycles. The van der Waals surface area contributed by atoms with Crippen LogP contribution < -0.4 is 0 Å². The highest BCUT2D eigenvalue weighted by atomic mass is 31.2. The summed E-state index contributed by atoms with van der Waals surface area (Å²) >= 11 is 0. The van der Waals surface area contributed by atoms with E-state index in [-0.39, 0.29) is 25.7 Å². The van der Waals surface area contributed by atoms with Gasteiger partial charge in [0.2, 0.25) is 0 Å². The van der Waals surface area contributed by atoms with Crippen molar-refractivity contribution in [2.24, 2.45) is 17.8 Å². The molecule has 0 heterocycles. The van der Waals surface area contributed by atoms with Gasteiger partial charge in [-0.2, -0.15) is 0 Å². The minimum Gasteiger partial charge on any atom is -0.462 e. The smallest absolute Gasteiger partial charge is 0.462 e. The van der Waals surface area contributed by atoms with Gasteiger partial charge in [-0.15, -0.1) is 0 Å². The zero-order valence-electron chi connectivity index (χ0n) is 63.5. The van der Waals surface area contributed by atoms with E-state index < -0.39 is 97.5 Å². The molecule has 0 aliphatic carbocycles. The van der Waals surface area contributed by atoms with E-state index >= 15 is 0 Å². The second-order valence-electron chi connectivity index (χ2n) is 29.5. The summed E-state index contributed by atoms with van der Waals surface area (Å²) in [6, 6.07) is 0. The first-order chi connectivity index (χ1) is 46.7. The standard InChI is InChI=1S/C78H152O17P2/c1-8-9-10-11-12-28-38-45-52-59-75(80)88-65-73(95-78(83)62-55-48-41-34-27-31-37-44-51-58-71(6)7)67-92-96(84,85)90-63-72(79)64-91-97(86,87)93-68-74(66-89-76(81)60-53-46-39-32-25-21-18-17-20-24-30-36-43-50-57-70(4)5)94-77(82)61-54-47-40-33-26-22-16-14-13-15-19-23-29-35-42-49-56-69(2)3/h69-74,79H,8-68H2,1-7H3,(H,84,85)(H,86,87)/t72-,73+,74+/m0/s1. The number of unbranched alkanes of at least 4 members (excludes halogenated alkanes) is 44. The largest absolute Gasteiger partial charge is 0.472 e. The number of phosphoric ester groups is 2. The number of rotatable bonds is 76. The third-order valence-corrected chi connectivity index (χ3v) is 20.0. The summed E-state index contributed by atoms with van der Waals surface area (Å²) < 4.78 is 68.6. The van der Waals surface area contributed by atoms with Gasteiger partial charge in [0.25, 0.3) is 0 Å². The Bertz CT molecular complexity index is 1890. The Balaban J connectivity index is 5.22. The summed E-state index contributed by atoms with van der Waals surface area (Å²) in [5.74, 6) is 0.229. The second kappa shape index (κ2) is 68.5. The monoisotopic (exact) mass is 1420 g/mol. The number of phosphoric acid groups is 2. The van der Waals surface area contributed by atoms with Crippen molar-refractivity contribution in [1.82, 2.24) is 0 Å². The molecule has 0 bridgehead atoms. The van der Waals surface area contributed by atoms with E-state index in [1.807, 2.05) is 0 Å². The molecule has 0 saturated heterocycles. The Labute approximate surface area is 594 Å². The fourth-order valence-electron chi connectivity index (χ4n) is 12.0. The van der Waals surface area contributed by atoms with Gasteiger partial charge in [0.05, 0.1) is 26.4 Å². The molecule has 0 aromatic heterocycles. The number of hydrogen-bond acceptors (Lipinski definition) is 15. The van der Waals surface area contributed by atoms with Crippen LogP contribution in [0.2, 0.25) is 0 Å². The summed E-state index contributed by atoms with van der Waals surface area (Å²) in [6.07, 6.45) is 55.5. The first kappa shape index (κ1) is 95.1. The van der Waals surface area contributed by atoms with Gasteiger partial charge in [0, 0.05) is 25.7 Å². The predicted octanol–water partition coefficient (Wildman–Crippen LogP) is 23.0. The second-order valence-corrected chi connectivity index (χ2v) is 32.4. The summed E-state index contributed by atoms with van der Waals surface area (Å²) in [7, 11) is -9.91. The number of carbonyl (C=O) groups excluding carboxylic acids is 4. The summed E-state index contributed by atoms with van der Waals surface area (Å²) in [4.78, 5) is 72.8. The van der Waals surface area contributed by atoms with Crippen LogP contribution >= 0.6 is 15.6 Å². The quantitative estimate of drug-likeness (QED) is 0.0222. The van der Waals surface area contributed by atoms with Crippen molar-refractivity contribution in [2.45, 2.75) is 420 Å². The van der Waals surface area contributed by atoms with Gasteiger partial charge >= 0.3 is 39.5 Å². The molecule has 17 nitrogen and oxygen atoms in total. The van der Waals surface area contributed by atoms with Crippen LogP contribution in [-0.2, 0) is 65.4 Å².